The largest absolute Gasteiger partial charge is 0.323 e. The van der Waals surface area contributed by atoms with Crippen molar-refractivity contribution in [2.75, 3.05) is 26.7 Å². The van der Waals surface area contributed by atoms with E-state index in [-0.39, 0.29) is 5.92 Å². The maximum atomic E-state index is 11.6. The van der Waals surface area contributed by atoms with E-state index in [1.54, 1.807) is 0 Å². The van der Waals surface area contributed by atoms with Gasteiger partial charge in [0.2, 0.25) is 0 Å². The average molecular weight is 185 g/mol. The van der Waals surface area contributed by atoms with Crippen molar-refractivity contribution >= 4 is 5.78 Å². The molecule has 2 N–H and O–H groups in total. The molecule has 0 bridgehead atoms. The lowest BCUT2D eigenvalue weighted by molar-refractivity contribution is -0.890. The summed E-state index contributed by atoms with van der Waals surface area (Å²) in [6.07, 6.45) is 1.06. The van der Waals surface area contributed by atoms with Crippen LogP contribution >= 0.6 is 0 Å². The standard InChI is InChI=1S/C10H21N2O/c1-8(2)10(13)7-12(3)5-4-9(11)6-12/h8-9H,4-7,11H2,1-3H3/q+1. The first-order chi connectivity index (χ1) is 5.93. The van der Waals surface area contributed by atoms with E-state index in [1.165, 1.54) is 0 Å². The lowest BCUT2D eigenvalue weighted by Crippen LogP contribution is -2.47. The Kier molecular flexibility index (Phi) is 3.09. The molecule has 1 saturated heterocycles. The molecule has 2 atom stereocenters. The van der Waals surface area contributed by atoms with E-state index < -0.39 is 0 Å². The molecule has 0 aromatic rings. The van der Waals surface area contributed by atoms with Crippen LogP contribution in [-0.2, 0) is 4.79 Å². The summed E-state index contributed by atoms with van der Waals surface area (Å²) in [5.41, 5.74) is 5.84. The average Bonchev–Trinajstić information content (AvgIpc) is 2.30. The molecule has 2 unspecified atom stereocenters. The molecule has 0 spiro atoms. The van der Waals surface area contributed by atoms with Crippen LogP contribution < -0.4 is 5.73 Å². The molecule has 1 aliphatic rings. The van der Waals surface area contributed by atoms with Crippen LogP contribution in [0.3, 0.4) is 0 Å². The summed E-state index contributed by atoms with van der Waals surface area (Å²) in [7, 11) is 2.13. The van der Waals surface area contributed by atoms with Gasteiger partial charge in [-0.05, 0) is 0 Å². The van der Waals surface area contributed by atoms with Gasteiger partial charge in [-0.25, -0.2) is 0 Å². The zero-order valence-corrected chi connectivity index (χ0v) is 8.92. The van der Waals surface area contributed by atoms with Crippen LogP contribution in [0.4, 0.5) is 0 Å². The number of likely N-dealkylation sites (N-methyl/N-ethyl adjacent to an activating group) is 1. The number of carbonyl (C=O) groups is 1. The lowest BCUT2D eigenvalue weighted by atomic mass is 10.1. The number of nitrogens with two attached hydrogens (primary N) is 1. The maximum absolute atomic E-state index is 11.6. The molecule has 0 aromatic carbocycles. The van der Waals surface area contributed by atoms with E-state index in [9.17, 15) is 4.79 Å². The third kappa shape index (κ3) is 2.78. The van der Waals surface area contributed by atoms with Gasteiger partial charge in [0.1, 0.15) is 6.54 Å². The summed E-state index contributed by atoms with van der Waals surface area (Å²) in [5, 5.41) is 0. The highest BCUT2D eigenvalue weighted by Crippen LogP contribution is 2.16. The number of carbonyl (C=O) groups excluding carboxylic acids is 1. The van der Waals surface area contributed by atoms with Crippen molar-refractivity contribution in [2.24, 2.45) is 11.7 Å². The predicted molar refractivity (Wildman–Crippen MR) is 53.2 cm³/mol. The zero-order valence-electron chi connectivity index (χ0n) is 8.92. The van der Waals surface area contributed by atoms with E-state index in [0.29, 0.717) is 18.4 Å². The molecule has 0 radical (unpaired) electrons. The Morgan fingerprint density at radius 2 is 2.23 bits per heavy atom. The minimum absolute atomic E-state index is 0.159. The van der Waals surface area contributed by atoms with Gasteiger partial charge in [-0.2, -0.15) is 0 Å². The zero-order chi connectivity index (χ0) is 10.1. The molecule has 1 rings (SSSR count). The van der Waals surface area contributed by atoms with Crippen molar-refractivity contribution < 1.29 is 9.28 Å². The van der Waals surface area contributed by atoms with E-state index in [1.807, 2.05) is 13.8 Å². The quantitative estimate of drug-likeness (QED) is 0.646. The van der Waals surface area contributed by atoms with Crippen LogP contribution in [0.2, 0.25) is 0 Å². The number of quaternary nitrogens is 1. The van der Waals surface area contributed by atoms with Crippen molar-refractivity contribution in [3.63, 3.8) is 0 Å². The monoisotopic (exact) mass is 185 g/mol. The van der Waals surface area contributed by atoms with Gasteiger partial charge in [-0.3, -0.25) is 4.79 Å². The van der Waals surface area contributed by atoms with Gasteiger partial charge in [-0.1, -0.05) is 13.8 Å². The fraction of sp³-hybridized carbons (Fsp3) is 0.900. The fourth-order valence-electron chi connectivity index (χ4n) is 1.93. The number of likely N-dealkylation sites (tertiary alicyclic amines) is 1. The fourth-order valence-corrected chi connectivity index (χ4v) is 1.93. The maximum Gasteiger partial charge on any atom is 0.189 e. The molecule has 1 aliphatic heterocycles. The van der Waals surface area contributed by atoms with Crippen LogP contribution in [0.1, 0.15) is 20.3 Å². The van der Waals surface area contributed by atoms with Crippen LogP contribution in [0, 0.1) is 5.92 Å². The van der Waals surface area contributed by atoms with Crippen molar-refractivity contribution in [1.29, 1.82) is 0 Å². The van der Waals surface area contributed by atoms with Crippen LogP contribution in [-0.4, -0.2) is 43.0 Å². The van der Waals surface area contributed by atoms with Gasteiger partial charge >= 0.3 is 0 Å². The SMILES string of the molecule is CC(C)C(=O)C[N+]1(C)CCC(N)C1. The summed E-state index contributed by atoms with van der Waals surface area (Å²) in [4.78, 5) is 11.6. The molecule has 1 heterocycles. The molecule has 0 amide bonds. The molecule has 13 heavy (non-hydrogen) atoms. The Hall–Kier alpha value is -0.410. The molecule has 76 valence electrons. The Bertz CT molecular complexity index is 203. The number of hydrogen-bond acceptors (Lipinski definition) is 2. The molecule has 3 heteroatoms. The van der Waals surface area contributed by atoms with E-state index in [0.717, 1.165) is 24.0 Å². The number of nitrogens with zero attached hydrogens (tertiary/aromatic N) is 1. The minimum Gasteiger partial charge on any atom is -0.323 e. The highest BCUT2D eigenvalue weighted by molar-refractivity contribution is 5.81. The van der Waals surface area contributed by atoms with Gasteiger partial charge in [0.15, 0.2) is 5.78 Å². The van der Waals surface area contributed by atoms with E-state index in [4.69, 9.17) is 5.73 Å². The first-order valence-corrected chi connectivity index (χ1v) is 5.05. The normalized spacial score (nSPS) is 34.1. The first kappa shape index (κ1) is 10.7. The second-order valence-corrected chi connectivity index (χ2v) is 4.85. The van der Waals surface area contributed by atoms with E-state index >= 15 is 0 Å². The molecular formula is C10H21N2O+. The van der Waals surface area contributed by atoms with Gasteiger partial charge in [0.05, 0.1) is 26.2 Å². The topological polar surface area (TPSA) is 43.1 Å². The molecule has 0 aliphatic carbocycles. The van der Waals surface area contributed by atoms with Crippen LogP contribution in [0.15, 0.2) is 0 Å². The number of Topliss-reactive ketones (excluding diaryl/α,β-unsaturated/α-hetero) is 1. The number of ketones is 1. The Balaban J connectivity index is 2.48. The predicted octanol–water partition coefficient (Wildman–Crippen LogP) is 0.389. The lowest BCUT2D eigenvalue weighted by Gasteiger charge is -2.29. The summed E-state index contributed by atoms with van der Waals surface area (Å²) >= 11 is 0. The Labute approximate surface area is 80.5 Å². The summed E-state index contributed by atoms with van der Waals surface area (Å²) in [6, 6.07) is 0.296. The second-order valence-electron chi connectivity index (χ2n) is 4.85. The molecule has 3 nitrogen and oxygen atoms in total. The summed E-state index contributed by atoms with van der Waals surface area (Å²) < 4.78 is 0.845. The van der Waals surface area contributed by atoms with Crippen molar-refractivity contribution in [3.05, 3.63) is 0 Å². The molecular weight excluding hydrogens is 164 g/mol. The minimum atomic E-state index is 0.159. The van der Waals surface area contributed by atoms with Crippen molar-refractivity contribution in [1.82, 2.24) is 0 Å². The Morgan fingerprint density at radius 1 is 1.62 bits per heavy atom. The van der Waals surface area contributed by atoms with Crippen LogP contribution in [0.25, 0.3) is 0 Å². The third-order valence-electron chi connectivity index (χ3n) is 2.90. The first-order valence-electron chi connectivity index (χ1n) is 5.05. The highest BCUT2D eigenvalue weighted by atomic mass is 16.1. The summed E-state index contributed by atoms with van der Waals surface area (Å²) in [6.45, 7) is 6.60. The summed E-state index contributed by atoms with van der Waals surface area (Å²) in [5.74, 6) is 0.517. The smallest absolute Gasteiger partial charge is 0.189 e. The van der Waals surface area contributed by atoms with Gasteiger partial charge in [0, 0.05) is 12.3 Å². The number of rotatable bonds is 3. The van der Waals surface area contributed by atoms with Gasteiger partial charge < -0.3 is 10.2 Å². The number of hydrogen-bond donors (Lipinski definition) is 1. The van der Waals surface area contributed by atoms with E-state index in [2.05, 4.69) is 7.05 Å². The van der Waals surface area contributed by atoms with Crippen molar-refractivity contribution in [3.8, 4) is 0 Å². The third-order valence-corrected chi connectivity index (χ3v) is 2.90. The highest BCUT2D eigenvalue weighted by Gasteiger charge is 2.34. The molecule has 0 saturated carbocycles. The van der Waals surface area contributed by atoms with Crippen LogP contribution in [0.5, 0.6) is 0 Å². The molecule has 1 fully saturated rings. The second kappa shape index (κ2) is 3.76. The molecule has 0 aromatic heterocycles. The van der Waals surface area contributed by atoms with Crippen molar-refractivity contribution in [2.45, 2.75) is 26.3 Å². The van der Waals surface area contributed by atoms with Gasteiger partial charge in [0.25, 0.3) is 0 Å². The van der Waals surface area contributed by atoms with Gasteiger partial charge in [-0.15, -0.1) is 0 Å². The Morgan fingerprint density at radius 3 is 2.62 bits per heavy atom.